The van der Waals surface area contributed by atoms with Crippen molar-refractivity contribution in [1.82, 2.24) is 0 Å². The number of hydrogen-bond acceptors (Lipinski definition) is 4. The molecule has 1 atom stereocenters. The fraction of sp³-hybridized carbons (Fsp3) is 0.529. The Bertz CT molecular complexity index is 450. The van der Waals surface area contributed by atoms with Crippen molar-refractivity contribution in [2.24, 2.45) is 10.9 Å². The fourth-order valence-corrected chi connectivity index (χ4v) is 1.52. The van der Waals surface area contributed by atoms with Crippen LogP contribution in [0.25, 0.3) is 0 Å². The van der Waals surface area contributed by atoms with Gasteiger partial charge < -0.3 is 10.6 Å². The lowest BCUT2D eigenvalue weighted by Gasteiger charge is -2.09. The number of carbonyl (C=O) groups excluding carboxylic acids is 1. The molecule has 4 heteroatoms. The Labute approximate surface area is 128 Å². The highest BCUT2D eigenvalue weighted by atomic mass is 16.6. The van der Waals surface area contributed by atoms with Gasteiger partial charge in [-0.05, 0) is 45.2 Å². The van der Waals surface area contributed by atoms with Gasteiger partial charge in [0.25, 0.3) is 0 Å². The molecule has 0 aliphatic heterocycles. The lowest BCUT2D eigenvalue weighted by atomic mass is 10.0. The first-order valence-electron chi connectivity index (χ1n) is 7.46. The predicted molar refractivity (Wildman–Crippen MR) is 88.6 cm³/mol. The summed E-state index contributed by atoms with van der Waals surface area (Å²) in [6, 6.07) is 7.43. The van der Waals surface area contributed by atoms with Crippen LogP contribution in [0, 0.1) is 0 Å². The molecule has 0 amide bonds. The molecule has 0 radical (unpaired) electrons. The molecule has 21 heavy (non-hydrogen) atoms. The average Bonchev–Trinajstić information content (AvgIpc) is 2.47. The van der Waals surface area contributed by atoms with Gasteiger partial charge in [-0.1, -0.05) is 43.3 Å². The van der Waals surface area contributed by atoms with E-state index in [1.807, 2.05) is 58.9 Å². The molecule has 0 saturated carbocycles. The van der Waals surface area contributed by atoms with Gasteiger partial charge in [0.1, 0.15) is 11.9 Å². The van der Waals surface area contributed by atoms with Gasteiger partial charge in [0.05, 0.1) is 11.8 Å². The van der Waals surface area contributed by atoms with Crippen LogP contribution in [0.5, 0.6) is 0 Å². The van der Waals surface area contributed by atoms with Gasteiger partial charge >= 0.3 is 0 Å². The maximum Gasteiger partial charge on any atom is 0.146 e. The van der Waals surface area contributed by atoms with Gasteiger partial charge in [0.2, 0.25) is 0 Å². The van der Waals surface area contributed by atoms with E-state index in [0.717, 1.165) is 16.8 Å². The second-order valence-corrected chi connectivity index (χ2v) is 4.95. The Hall–Kier alpha value is -1.68. The van der Waals surface area contributed by atoms with Crippen LogP contribution >= 0.6 is 0 Å². The van der Waals surface area contributed by atoms with E-state index in [9.17, 15) is 4.79 Å². The zero-order valence-electron chi connectivity index (χ0n) is 14.0. The third-order valence-corrected chi connectivity index (χ3v) is 2.75. The highest BCUT2D eigenvalue weighted by molar-refractivity contribution is 5.98. The van der Waals surface area contributed by atoms with Crippen LogP contribution in [-0.2, 0) is 16.1 Å². The molecule has 0 fully saturated rings. The Kier molecular flexibility index (Phi) is 9.30. The molecule has 0 spiro atoms. The highest BCUT2D eigenvalue weighted by Crippen LogP contribution is 2.08. The Morgan fingerprint density at radius 3 is 2.14 bits per heavy atom. The van der Waals surface area contributed by atoms with Gasteiger partial charge in [-0.2, -0.15) is 0 Å². The second-order valence-electron chi connectivity index (χ2n) is 4.95. The maximum absolute atomic E-state index is 11.1. The van der Waals surface area contributed by atoms with Crippen LogP contribution in [-0.4, -0.2) is 23.6 Å². The molecule has 0 bridgehead atoms. The lowest BCUT2D eigenvalue weighted by molar-refractivity contribution is -0.118. The van der Waals surface area contributed by atoms with Crippen molar-refractivity contribution in [2.75, 3.05) is 0 Å². The molecule has 1 unspecified atom stereocenters. The summed E-state index contributed by atoms with van der Waals surface area (Å²) in [7, 11) is 0. The monoisotopic (exact) mass is 292 g/mol. The van der Waals surface area contributed by atoms with Gasteiger partial charge in [-0.3, -0.25) is 4.79 Å². The molecule has 0 heterocycles. The van der Waals surface area contributed by atoms with E-state index in [2.05, 4.69) is 5.16 Å². The summed E-state index contributed by atoms with van der Waals surface area (Å²) in [5.74, 6) is 0.00662. The van der Waals surface area contributed by atoms with Crippen molar-refractivity contribution in [1.29, 1.82) is 0 Å². The Morgan fingerprint density at radius 1 is 1.19 bits per heavy atom. The van der Waals surface area contributed by atoms with E-state index in [-0.39, 0.29) is 11.9 Å². The summed E-state index contributed by atoms with van der Waals surface area (Å²) in [5, 5.41) is 4.05. The van der Waals surface area contributed by atoms with Gasteiger partial charge in [0.15, 0.2) is 0 Å². The number of benzene rings is 1. The SMILES string of the molecule is CC.CC(=O)C(N)Cc1ccc(/C(C)=N\OC(C)C)cc1. The topological polar surface area (TPSA) is 64.7 Å². The van der Waals surface area contributed by atoms with Crippen molar-refractivity contribution in [3.8, 4) is 0 Å². The standard InChI is InChI=1S/C15H22N2O2.C2H6/c1-10(2)19-17-11(3)14-7-5-13(6-8-14)9-15(16)12(4)18;1-2/h5-8,10,15H,9,16H2,1-4H3;1-2H3/b17-11-;. The number of nitrogens with two attached hydrogens (primary N) is 1. The van der Waals surface area contributed by atoms with Crippen LogP contribution < -0.4 is 5.73 Å². The molecule has 2 N–H and O–H groups in total. The minimum atomic E-state index is -0.426. The summed E-state index contributed by atoms with van der Waals surface area (Å²) >= 11 is 0. The molecule has 0 saturated heterocycles. The quantitative estimate of drug-likeness (QED) is 0.646. The van der Waals surface area contributed by atoms with Gasteiger partial charge in [0, 0.05) is 0 Å². The van der Waals surface area contributed by atoms with E-state index in [0.29, 0.717) is 6.42 Å². The van der Waals surface area contributed by atoms with Crippen molar-refractivity contribution in [3.05, 3.63) is 35.4 Å². The molecule has 0 aliphatic carbocycles. The van der Waals surface area contributed by atoms with Crippen LogP contribution in [0.15, 0.2) is 29.4 Å². The largest absolute Gasteiger partial charge is 0.393 e. The van der Waals surface area contributed by atoms with E-state index in [1.54, 1.807) is 0 Å². The van der Waals surface area contributed by atoms with Crippen LogP contribution in [0.2, 0.25) is 0 Å². The summed E-state index contributed by atoms with van der Waals surface area (Å²) < 4.78 is 0. The Morgan fingerprint density at radius 2 is 1.71 bits per heavy atom. The number of rotatable bonds is 6. The first kappa shape index (κ1) is 19.3. The molecular formula is C17H28N2O2. The molecular weight excluding hydrogens is 264 g/mol. The maximum atomic E-state index is 11.1. The van der Waals surface area contributed by atoms with E-state index < -0.39 is 6.04 Å². The van der Waals surface area contributed by atoms with E-state index in [4.69, 9.17) is 10.6 Å². The summed E-state index contributed by atoms with van der Waals surface area (Å²) in [4.78, 5) is 16.3. The second kappa shape index (κ2) is 10.1. The molecule has 1 aromatic rings. The van der Waals surface area contributed by atoms with Crippen molar-refractivity contribution >= 4 is 11.5 Å². The average molecular weight is 292 g/mol. The van der Waals surface area contributed by atoms with E-state index >= 15 is 0 Å². The number of hydrogen-bond donors (Lipinski definition) is 1. The van der Waals surface area contributed by atoms with Gasteiger partial charge in [-0.25, -0.2) is 0 Å². The van der Waals surface area contributed by atoms with Crippen molar-refractivity contribution < 1.29 is 9.63 Å². The normalized spacial score (nSPS) is 12.5. The molecule has 1 rings (SSSR count). The zero-order valence-corrected chi connectivity index (χ0v) is 14.0. The fourth-order valence-electron chi connectivity index (χ4n) is 1.52. The number of ketones is 1. The summed E-state index contributed by atoms with van der Waals surface area (Å²) in [6.07, 6.45) is 0.636. The van der Waals surface area contributed by atoms with E-state index in [1.165, 1.54) is 6.92 Å². The van der Waals surface area contributed by atoms with Crippen molar-refractivity contribution in [2.45, 2.75) is 60.1 Å². The molecule has 0 aromatic heterocycles. The van der Waals surface area contributed by atoms with Crippen molar-refractivity contribution in [3.63, 3.8) is 0 Å². The third-order valence-electron chi connectivity index (χ3n) is 2.75. The third kappa shape index (κ3) is 7.61. The van der Waals surface area contributed by atoms with Crippen LogP contribution in [0.1, 0.15) is 52.7 Å². The van der Waals surface area contributed by atoms with Gasteiger partial charge in [-0.15, -0.1) is 0 Å². The number of Topliss-reactive ketones (excluding diaryl/α,β-unsaturated/α-hetero) is 1. The number of carbonyl (C=O) groups is 1. The lowest BCUT2D eigenvalue weighted by Crippen LogP contribution is -2.30. The first-order valence-corrected chi connectivity index (χ1v) is 7.46. The molecule has 1 aromatic carbocycles. The summed E-state index contributed by atoms with van der Waals surface area (Å²) in [5.41, 5.74) is 8.61. The summed E-state index contributed by atoms with van der Waals surface area (Å²) in [6.45, 7) is 11.3. The first-order chi connectivity index (χ1) is 9.90. The minimum absolute atomic E-state index is 0.00662. The smallest absolute Gasteiger partial charge is 0.146 e. The number of nitrogens with zero attached hydrogens (tertiary/aromatic N) is 1. The predicted octanol–water partition coefficient (Wildman–Crippen LogP) is 3.32. The highest BCUT2D eigenvalue weighted by Gasteiger charge is 2.09. The molecule has 118 valence electrons. The van der Waals surface area contributed by atoms with Crippen LogP contribution in [0.3, 0.4) is 0 Å². The molecule has 4 nitrogen and oxygen atoms in total. The zero-order chi connectivity index (χ0) is 16.4. The number of oxime groups is 1. The van der Waals surface area contributed by atoms with Crippen LogP contribution in [0.4, 0.5) is 0 Å². The molecule has 0 aliphatic rings. The Balaban J connectivity index is 0.00000191. The minimum Gasteiger partial charge on any atom is -0.393 e.